The molecule has 1 saturated heterocycles. The van der Waals surface area contributed by atoms with Crippen molar-refractivity contribution >= 4 is 144 Å². The lowest BCUT2D eigenvalue weighted by Gasteiger charge is -2.29. The van der Waals surface area contributed by atoms with Crippen molar-refractivity contribution in [2.45, 2.75) is 224 Å². The molecule has 6 aromatic rings. The SMILES string of the molecule is CC(C)C[C@@H]1NC(=O)[C@H](Cc2cnc[nH]2)NC(=O)[C@H](Cc2c[nH]c3ccccc23)CNC(=O)[C@H](C)NC(=O)[C@@H](NC(=O)[C@H](CC(=O)O)NC(=O)CCCOCCCNC(=O)CCCc2c[nH]nn2)CCSSC[C@@H](C(=O)N[C@H](C(N)=O)[C@@H](C)O)NC(=O)[C@H](Cc2c[nH]c3ccccc23)NC(=O)[C@H](C(C)C)NC(=O)[C@H](CC(C)C)NC(=O)[C@H](CCC(=O)O)NC(=O)CNC1=O. The molecule has 4 aromatic heterocycles. The molecule has 43 nitrogen and oxygen atoms in total. The van der Waals surface area contributed by atoms with Gasteiger partial charge in [-0.25, -0.2) is 4.98 Å². The third kappa shape index (κ3) is 35.2. The zero-order chi connectivity index (χ0) is 94.4. The lowest BCUT2D eigenvalue weighted by atomic mass is 9.96. The molecule has 15 amide bonds. The van der Waals surface area contributed by atoms with E-state index in [9.17, 15) is 87.2 Å². The number of nitrogens with one attached hydrogen (secondary N) is 18. The molecule has 0 unspecified atom stereocenters. The van der Waals surface area contributed by atoms with E-state index in [0.717, 1.165) is 27.3 Å². The van der Waals surface area contributed by atoms with Gasteiger partial charge in [0.05, 0.1) is 37.0 Å². The number of aromatic amines is 4. The van der Waals surface area contributed by atoms with E-state index >= 15 is 9.59 Å². The van der Waals surface area contributed by atoms with Crippen LogP contribution in [0.2, 0.25) is 0 Å². The van der Waals surface area contributed by atoms with Crippen LogP contribution in [0.5, 0.6) is 0 Å². The molecular formula is C84H120N22O21S2. The van der Waals surface area contributed by atoms with Crippen molar-refractivity contribution in [1.82, 2.24) is 110 Å². The summed E-state index contributed by atoms with van der Waals surface area (Å²) in [6, 6.07) is -3.48. The first-order valence-electron chi connectivity index (χ1n) is 42.7. The summed E-state index contributed by atoms with van der Waals surface area (Å²) in [5, 5.41) is 78.5. The highest BCUT2D eigenvalue weighted by molar-refractivity contribution is 8.76. The fraction of sp³-hybridized carbons (Fsp3) is 0.548. The number of para-hydroxylation sites is 2. The summed E-state index contributed by atoms with van der Waals surface area (Å²) in [6.45, 7) is 11.8. The number of hydrogen-bond acceptors (Lipinski definition) is 24. The summed E-state index contributed by atoms with van der Waals surface area (Å²) in [7, 11) is 1.85. The average molecular weight is 1840 g/mol. The van der Waals surface area contributed by atoms with E-state index in [0.29, 0.717) is 64.4 Å². The normalized spacial score (nSPS) is 21.4. The van der Waals surface area contributed by atoms with Gasteiger partial charge in [0.15, 0.2) is 0 Å². The van der Waals surface area contributed by atoms with Crippen LogP contribution >= 0.6 is 21.6 Å². The van der Waals surface area contributed by atoms with Crippen LogP contribution in [0.3, 0.4) is 0 Å². The number of carboxylic acids is 2. The number of carboxylic acid groups (broad SMARTS) is 2. The average Bonchev–Trinajstić information content (AvgIpc) is 0.931. The fourth-order valence-corrected chi connectivity index (χ4v) is 16.1. The van der Waals surface area contributed by atoms with E-state index in [4.69, 9.17) is 10.5 Å². The number of nitrogens with zero attached hydrogens (tertiary/aromatic N) is 3. The Labute approximate surface area is 751 Å². The molecule has 2 aromatic carbocycles. The van der Waals surface area contributed by atoms with Crippen LogP contribution in [0.15, 0.2) is 79.6 Å². The molecule has 1 fully saturated rings. The molecule has 7 rings (SSSR count). The lowest BCUT2D eigenvalue weighted by Crippen LogP contribution is -2.61. The van der Waals surface area contributed by atoms with Crippen molar-refractivity contribution in [3.8, 4) is 0 Å². The van der Waals surface area contributed by atoms with E-state index in [-0.39, 0.29) is 94.5 Å². The minimum atomic E-state index is -1.81. The Balaban J connectivity index is 1.23. The van der Waals surface area contributed by atoms with Crippen molar-refractivity contribution in [2.75, 3.05) is 44.4 Å². The van der Waals surface area contributed by atoms with Crippen molar-refractivity contribution in [3.05, 3.63) is 102 Å². The first-order chi connectivity index (χ1) is 61.4. The van der Waals surface area contributed by atoms with Crippen LogP contribution in [0.1, 0.15) is 149 Å². The monoisotopic (exact) mass is 1840 g/mol. The van der Waals surface area contributed by atoms with Gasteiger partial charge in [0.25, 0.3) is 0 Å². The van der Waals surface area contributed by atoms with Crippen molar-refractivity contribution in [2.24, 2.45) is 29.4 Å². The summed E-state index contributed by atoms with van der Waals surface area (Å²) in [5.74, 6) is -20.0. The summed E-state index contributed by atoms with van der Waals surface area (Å²) in [6.07, 6.45) is 4.36. The first-order valence-corrected chi connectivity index (χ1v) is 45.2. The number of H-pyrrole nitrogens is 4. The van der Waals surface area contributed by atoms with Crippen LogP contribution in [0.25, 0.3) is 21.8 Å². The van der Waals surface area contributed by atoms with Gasteiger partial charge in [0.1, 0.15) is 66.5 Å². The van der Waals surface area contributed by atoms with Crippen LogP contribution in [-0.4, -0.2) is 268 Å². The van der Waals surface area contributed by atoms with E-state index < -0.39 is 217 Å². The number of aryl methyl sites for hydroxylation is 1. The number of benzene rings is 2. The fourth-order valence-electron chi connectivity index (χ4n) is 13.9. The molecule has 0 aliphatic carbocycles. The van der Waals surface area contributed by atoms with Gasteiger partial charge in [-0.3, -0.25) is 86.6 Å². The number of aliphatic hydroxyl groups excluding tert-OH is 1. The molecule has 0 spiro atoms. The zero-order valence-corrected chi connectivity index (χ0v) is 74.9. The Kier molecular flexibility index (Phi) is 42.3. The largest absolute Gasteiger partial charge is 0.481 e. The number of fused-ring (bicyclic) bond motifs is 2. The molecule has 1 aliphatic rings. The molecule has 23 N–H and O–H groups in total. The van der Waals surface area contributed by atoms with Gasteiger partial charge in [0, 0.05) is 122 Å². The molecule has 1 aliphatic heterocycles. The molecule has 13 atom stereocenters. The number of primary amides is 1. The van der Waals surface area contributed by atoms with Crippen molar-refractivity contribution in [3.63, 3.8) is 0 Å². The Morgan fingerprint density at radius 3 is 1.81 bits per heavy atom. The number of aromatic nitrogens is 7. The van der Waals surface area contributed by atoms with E-state index in [2.05, 4.69) is 110 Å². The van der Waals surface area contributed by atoms with Gasteiger partial charge < -0.3 is 115 Å². The van der Waals surface area contributed by atoms with Crippen molar-refractivity contribution < 1.29 is 102 Å². The standard InChI is InChI=1S/C84H120N22O21S2/c1-44(2)30-60-76(118)91-41-68(110)95-58(23-24-69(111)112)78(120)100-61(31-45(3)4)82(124)103-71(46(5)6)84(126)101-62(33-50-37-89-57-20-12-10-18-55(50)57)79(121)102-65(83(125)104-72(48(8)107)73(85)115)42-129-128-29-25-59(97-81(123)64(35-70(113)114)96-67(109)22-14-27-127-28-15-26-87-66(108)21-13-16-52-40-93-106-105-52)77(119)94-47(7)74(116)90-38-51(32-49-36-88-56-19-11-9-17-54(49)56)75(117)98-63(80(122)99-60)34-53-39-86-43-92-53/h9-12,17-20,36-37,39-40,43-48,51,58-65,71-72,88-89,107H,13-16,21-35,38,41-42H2,1-8H3,(H2,85,115)(H,86,92)(H,87,108)(H,90,116)(H,91,118)(H,94,119)(H,95,110)(H,96,109)(H,97,123)(H,98,117)(H,99,122)(H,100,120)(H,101,126)(H,102,121)(H,103,124)(H,104,125)(H,111,112)(H,113,114)(H,93,105,106)/t47-,48+,51+,58-,59-,60-,61-,62-,63-,64-,65-,71-,72-/m0/s1. The van der Waals surface area contributed by atoms with E-state index in [1.165, 1.54) is 26.4 Å². The van der Waals surface area contributed by atoms with Gasteiger partial charge in [-0.1, -0.05) is 105 Å². The Bertz CT molecular complexity index is 4790. The maximum absolute atomic E-state index is 15.2. The first kappa shape index (κ1) is 104. The molecule has 0 saturated carbocycles. The number of imidazole rings is 1. The van der Waals surface area contributed by atoms with E-state index in [1.54, 1.807) is 109 Å². The van der Waals surface area contributed by atoms with Gasteiger partial charge in [-0.15, -0.1) is 5.10 Å². The molecular weight excluding hydrogens is 1720 g/mol. The smallest absolute Gasteiger partial charge is 0.305 e. The number of carbonyl (C=O) groups is 17. The highest BCUT2D eigenvalue weighted by Crippen LogP contribution is 2.26. The summed E-state index contributed by atoms with van der Waals surface area (Å²) in [5.41, 5.74) is 9.09. The van der Waals surface area contributed by atoms with Crippen LogP contribution in [0, 0.1) is 23.7 Å². The van der Waals surface area contributed by atoms with Gasteiger partial charge in [0.2, 0.25) is 88.6 Å². The number of aliphatic carboxylic acids is 2. The lowest BCUT2D eigenvalue weighted by molar-refractivity contribution is -0.141. The second-order valence-electron chi connectivity index (χ2n) is 32.7. The summed E-state index contributed by atoms with van der Waals surface area (Å²) >= 11 is 0. The van der Waals surface area contributed by atoms with Crippen LogP contribution in [-0.2, 0) is 112 Å². The molecule has 45 heteroatoms. The number of nitrogens with two attached hydrogens (primary N) is 1. The summed E-state index contributed by atoms with van der Waals surface area (Å²) < 4.78 is 5.66. The highest BCUT2D eigenvalue weighted by Gasteiger charge is 2.39. The van der Waals surface area contributed by atoms with Gasteiger partial charge in [-0.2, -0.15) is 0 Å². The van der Waals surface area contributed by atoms with E-state index in [1.807, 2.05) is 0 Å². The Hall–Kier alpha value is -12.5. The molecule has 0 bridgehead atoms. The van der Waals surface area contributed by atoms with Crippen LogP contribution in [0.4, 0.5) is 0 Å². The molecule has 129 heavy (non-hydrogen) atoms. The zero-order valence-electron chi connectivity index (χ0n) is 73.2. The molecule has 5 heterocycles. The Morgan fingerprint density at radius 1 is 0.597 bits per heavy atom. The van der Waals surface area contributed by atoms with Crippen molar-refractivity contribution in [1.29, 1.82) is 0 Å². The van der Waals surface area contributed by atoms with Gasteiger partial charge in [-0.05, 0) is 113 Å². The predicted octanol–water partition coefficient (Wildman–Crippen LogP) is -1.22. The van der Waals surface area contributed by atoms with Crippen LogP contribution < -0.4 is 80.2 Å². The quantitative estimate of drug-likeness (QED) is 0.0164. The maximum atomic E-state index is 15.2. The third-order valence-electron chi connectivity index (χ3n) is 20.8. The molecule has 704 valence electrons. The third-order valence-corrected chi connectivity index (χ3v) is 23.2. The second kappa shape index (κ2) is 52.7. The minimum Gasteiger partial charge on any atom is -0.481 e. The van der Waals surface area contributed by atoms with Gasteiger partial charge >= 0.3 is 11.9 Å². The molecule has 0 radical (unpaired) electrons. The minimum absolute atomic E-state index is 0.0432. The topological polar surface area (TPSA) is 656 Å². The number of ether oxygens (including phenoxy) is 1. The summed E-state index contributed by atoms with van der Waals surface area (Å²) in [4.78, 5) is 252. The second-order valence-corrected chi connectivity index (χ2v) is 35.3. The number of carbonyl (C=O) groups excluding carboxylic acids is 15. The number of aliphatic hydroxyl groups is 1. The Morgan fingerprint density at radius 2 is 1.20 bits per heavy atom. The maximum Gasteiger partial charge on any atom is 0.305 e. The number of rotatable bonds is 35. The number of hydrogen-bond donors (Lipinski definition) is 22. The predicted molar refractivity (Wildman–Crippen MR) is 473 cm³/mol. The number of amides is 15. The highest BCUT2D eigenvalue weighted by atomic mass is 33.1.